The van der Waals surface area contributed by atoms with Gasteiger partial charge in [-0.25, -0.2) is 13.8 Å². The summed E-state index contributed by atoms with van der Waals surface area (Å²) in [4.78, 5) is 4.13. The molecular formula is C10H10F2N2. The smallest absolute Gasteiger partial charge is 0.264 e. The van der Waals surface area contributed by atoms with Gasteiger partial charge in [-0.1, -0.05) is 0 Å². The van der Waals surface area contributed by atoms with Crippen LogP contribution >= 0.6 is 0 Å². The molecule has 0 bridgehead atoms. The number of aromatic nitrogens is 2. The normalized spacial score (nSPS) is 11.5. The highest BCUT2D eigenvalue weighted by atomic mass is 19.3. The van der Waals surface area contributed by atoms with Gasteiger partial charge in [0.1, 0.15) is 5.65 Å². The number of pyridine rings is 1. The Kier molecular flexibility index (Phi) is 1.98. The monoisotopic (exact) mass is 196 g/mol. The lowest BCUT2D eigenvalue weighted by atomic mass is 10.1. The lowest BCUT2D eigenvalue weighted by Crippen LogP contribution is -1.93. The van der Waals surface area contributed by atoms with Crippen molar-refractivity contribution in [1.29, 1.82) is 0 Å². The van der Waals surface area contributed by atoms with Gasteiger partial charge in [0.25, 0.3) is 6.43 Å². The van der Waals surface area contributed by atoms with Gasteiger partial charge in [-0.05, 0) is 25.5 Å². The van der Waals surface area contributed by atoms with E-state index >= 15 is 0 Å². The molecule has 14 heavy (non-hydrogen) atoms. The van der Waals surface area contributed by atoms with Crippen molar-refractivity contribution in [3.05, 3.63) is 35.3 Å². The van der Waals surface area contributed by atoms with Crippen molar-refractivity contribution >= 4 is 5.65 Å². The Morgan fingerprint density at radius 3 is 2.64 bits per heavy atom. The van der Waals surface area contributed by atoms with Gasteiger partial charge in [0.2, 0.25) is 0 Å². The molecule has 2 nitrogen and oxygen atoms in total. The first-order chi connectivity index (χ1) is 6.58. The number of fused-ring (bicyclic) bond motifs is 1. The minimum absolute atomic E-state index is 0.0584. The summed E-state index contributed by atoms with van der Waals surface area (Å²) in [6.45, 7) is 3.51. The fourth-order valence-corrected chi connectivity index (χ4v) is 1.52. The van der Waals surface area contributed by atoms with Crippen LogP contribution in [-0.4, -0.2) is 9.38 Å². The lowest BCUT2D eigenvalue weighted by molar-refractivity contribution is 0.150. The van der Waals surface area contributed by atoms with E-state index in [9.17, 15) is 8.78 Å². The zero-order valence-electron chi connectivity index (χ0n) is 7.96. The van der Waals surface area contributed by atoms with Gasteiger partial charge in [-0.2, -0.15) is 0 Å². The molecule has 2 rings (SSSR count). The Balaban J connectivity index is 2.70. The second kappa shape index (κ2) is 3.04. The lowest BCUT2D eigenvalue weighted by Gasteiger charge is -2.04. The molecule has 74 valence electrons. The summed E-state index contributed by atoms with van der Waals surface area (Å²) in [7, 11) is 0. The van der Waals surface area contributed by atoms with Crippen molar-refractivity contribution in [2.75, 3.05) is 0 Å². The molecule has 0 aliphatic rings. The molecule has 0 amide bonds. The molecule has 4 heteroatoms. The summed E-state index contributed by atoms with van der Waals surface area (Å²) in [6, 6.07) is 1.44. The maximum Gasteiger partial charge on any atom is 0.264 e. The van der Waals surface area contributed by atoms with Crippen LogP contribution in [0.1, 0.15) is 23.2 Å². The van der Waals surface area contributed by atoms with Crippen LogP contribution in [0.2, 0.25) is 0 Å². The Hall–Kier alpha value is -1.45. The number of imidazole rings is 1. The van der Waals surface area contributed by atoms with E-state index in [0.29, 0.717) is 11.2 Å². The minimum atomic E-state index is -2.43. The van der Waals surface area contributed by atoms with Crippen LogP contribution in [0, 0.1) is 13.8 Å². The van der Waals surface area contributed by atoms with Gasteiger partial charge in [0, 0.05) is 18.0 Å². The first-order valence-electron chi connectivity index (χ1n) is 4.32. The molecule has 0 aliphatic carbocycles. The third-order valence-corrected chi connectivity index (χ3v) is 2.19. The average molecular weight is 196 g/mol. The quantitative estimate of drug-likeness (QED) is 0.685. The largest absolute Gasteiger partial charge is 0.307 e. The third kappa shape index (κ3) is 1.36. The van der Waals surface area contributed by atoms with Crippen molar-refractivity contribution in [1.82, 2.24) is 9.38 Å². The molecule has 2 heterocycles. The van der Waals surface area contributed by atoms with Crippen LogP contribution in [-0.2, 0) is 0 Å². The number of aryl methyl sites for hydroxylation is 2. The van der Waals surface area contributed by atoms with Gasteiger partial charge in [-0.3, -0.25) is 0 Å². The Bertz CT molecular complexity index is 474. The molecule has 2 aromatic heterocycles. The van der Waals surface area contributed by atoms with E-state index in [0.717, 1.165) is 5.69 Å². The van der Waals surface area contributed by atoms with Crippen molar-refractivity contribution < 1.29 is 8.78 Å². The van der Waals surface area contributed by atoms with Gasteiger partial charge >= 0.3 is 0 Å². The first-order valence-corrected chi connectivity index (χ1v) is 4.32. The highest BCUT2D eigenvalue weighted by molar-refractivity contribution is 5.46. The number of hydrogen-bond donors (Lipinski definition) is 0. The summed E-state index contributed by atoms with van der Waals surface area (Å²) in [5.74, 6) is 0. The number of rotatable bonds is 1. The molecule has 0 unspecified atom stereocenters. The Morgan fingerprint density at radius 2 is 2.00 bits per heavy atom. The highest BCUT2D eigenvalue weighted by Crippen LogP contribution is 2.23. The molecule has 0 radical (unpaired) electrons. The van der Waals surface area contributed by atoms with Crippen molar-refractivity contribution in [2.45, 2.75) is 20.3 Å². The number of halogens is 2. The Morgan fingerprint density at radius 1 is 1.29 bits per heavy atom. The van der Waals surface area contributed by atoms with Crippen LogP contribution < -0.4 is 0 Å². The molecular weight excluding hydrogens is 186 g/mol. The minimum Gasteiger partial charge on any atom is -0.307 e. The van der Waals surface area contributed by atoms with Gasteiger partial charge in [0.15, 0.2) is 0 Å². The molecule has 0 saturated heterocycles. The molecule has 0 atom stereocenters. The molecule has 0 N–H and O–H groups in total. The topological polar surface area (TPSA) is 17.3 Å². The van der Waals surface area contributed by atoms with Crippen LogP contribution in [0.15, 0.2) is 18.5 Å². The predicted molar refractivity (Wildman–Crippen MR) is 49.6 cm³/mol. The van der Waals surface area contributed by atoms with Gasteiger partial charge in [0.05, 0.1) is 5.69 Å². The second-order valence-corrected chi connectivity index (χ2v) is 3.36. The van der Waals surface area contributed by atoms with Crippen LogP contribution in [0.4, 0.5) is 8.78 Å². The molecule has 0 spiro atoms. The first kappa shape index (κ1) is 9.12. The van der Waals surface area contributed by atoms with Crippen LogP contribution in [0.3, 0.4) is 0 Å². The maximum atomic E-state index is 12.5. The van der Waals surface area contributed by atoms with Crippen molar-refractivity contribution in [3.63, 3.8) is 0 Å². The van der Waals surface area contributed by atoms with E-state index < -0.39 is 6.43 Å². The summed E-state index contributed by atoms with van der Waals surface area (Å²) < 4.78 is 26.8. The van der Waals surface area contributed by atoms with E-state index in [2.05, 4.69) is 4.98 Å². The van der Waals surface area contributed by atoms with Gasteiger partial charge < -0.3 is 4.40 Å². The van der Waals surface area contributed by atoms with E-state index in [1.165, 1.54) is 6.07 Å². The number of hydrogen-bond acceptors (Lipinski definition) is 1. The third-order valence-electron chi connectivity index (χ3n) is 2.19. The van der Waals surface area contributed by atoms with E-state index in [-0.39, 0.29) is 5.56 Å². The van der Waals surface area contributed by atoms with Crippen LogP contribution in [0.5, 0.6) is 0 Å². The number of alkyl halides is 2. The van der Waals surface area contributed by atoms with Crippen molar-refractivity contribution in [2.24, 2.45) is 0 Å². The Labute approximate surface area is 80.2 Å². The van der Waals surface area contributed by atoms with Crippen LogP contribution in [0.25, 0.3) is 5.65 Å². The van der Waals surface area contributed by atoms with E-state index in [1.54, 1.807) is 17.5 Å². The zero-order valence-corrected chi connectivity index (χ0v) is 7.96. The SMILES string of the molecule is Cc1cn2cc(C)c(C(F)F)cc2n1. The van der Waals surface area contributed by atoms with Crippen molar-refractivity contribution in [3.8, 4) is 0 Å². The summed E-state index contributed by atoms with van der Waals surface area (Å²) >= 11 is 0. The summed E-state index contributed by atoms with van der Waals surface area (Å²) in [6.07, 6.45) is 1.06. The molecule has 0 fully saturated rings. The maximum absolute atomic E-state index is 12.5. The molecule has 0 aliphatic heterocycles. The fraction of sp³-hybridized carbons (Fsp3) is 0.300. The standard InChI is InChI=1S/C10H10F2N2/c1-6-4-14-5-7(2)13-9(14)3-8(6)10(11)12/h3-5,10H,1-2H3. The molecule has 0 saturated carbocycles. The zero-order chi connectivity index (χ0) is 10.3. The molecule has 2 aromatic rings. The second-order valence-electron chi connectivity index (χ2n) is 3.36. The van der Waals surface area contributed by atoms with Gasteiger partial charge in [-0.15, -0.1) is 0 Å². The predicted octanol–water partition coefficient (Wildman–Crippen LogP) is 2.89. The summed E-state index contributed by atoms with van der Waals surface area (Å²) in [5, 5.41) is 0. The fourth-order valence-electron chi connectivity index (χ4n) is 1.52. The highest BCUT2D eigenvalue weighted by Gasteiger charge is 2.12. The number of nitrogens with zero attached hydrogens (tertiary/aromatic N) is 2. The van der Waals surface area contributed by atoms with E-state index in [4.69, 9.17) is 0 Å². The average Bonchev–Trinajstić information content (AvgIpc) is 2.42. The van der Waals surface area contributed by atoms with E-state index in [1.807, 2.05) is 13.1 Å². The molecule has 0 aromatic carbocycles. The summed E-state index contributed by atoms with van der Waals surface area (Å²) in [5.41, 5.74) is 2.05.